The van der Waals surface area contributed by atoms with E-state index in [4.69, 9.17) is 49.1 Å². The number of rotatable bonds is 14. The average molecular weight is 545 g/mol. The van der Waals surface area contributed by atoms with E-state index in [1.807, 2.05) is 27.7 Å². The SMILES string of the molecule is C#CCC[C@@H](OCOC)[C@H]1C[C@H]2OC(C)(C)O[C@H]2[C@H]([C@H]2OC(C)(C)O[C@@H]2COCOCC[Si](C)(C)C)O1. The summed E-state index contributed by atoms with van der Waals surface area (Å²) in [6, 6.07) is 1.09. The van der Waals surface area contributed by atoms with Crippen molar-refractivity contribution < 1.29 is 42.6 Å². The van der Waals surface area contributed by atoms with Gasteiger partial charge >= 0.3 is 0 Å². The molecule has 3 fully saturated rings. The second-order valence-corrected chi connectivity index (χ2v) is 17.8. The highest BCUT2D eigenvalue weighted by Gasteiger charge is 2.58. The van der Waals surface area contributed by atoms with Crippen LogP contribution in [0.3, 0.4) is 0 Å². The van der Waals surface area contributed by atoms with Crippen LogP contribution < -0.4 is 0 Å². The molecule has 0 aromatic heterocycles. The molecule has 9 nitrogen and oxygen atoms in total. The van der Waals surface area contributed by atoms with Crippen LogP contribution >= 0.6 is 0 Å². The maximum Gasteiger partial charge on any atom is 0.164 e. The Bertz CT molecular complexity index is 747. The summed E-state index contributed by atoms with van der Waals surface area (Å²) in [5.41, 5.74) is 0. The van der Waals surface area contributed by atoms with Crippen LogP contribution in [0.1, 0.15) is 47.0 Å². The van der Waals surface area contributed by atoms with Crippen molar-refractivity contribution in [1.29, 1.82) is 0 Å². The number of ether oxygens (including phenoxy) is 9. The normalized spacial score (nSPS) is 33.7. The van der Waals surface area contributed by atoms with Crippen molar-refractivity contribution in [1.82, 2.24) is 0 Å². The van der Waals surface area contributed by atoms with E-state index in [0.717, 1.165) is 6.04 Å². The largest absolute Gasteiger partial charge is 0.367 e. The molecule has 0 aliphatic carbocycles. The zero-order valence-corrected chi connectivity index (χ0v) is 24.9. The zero-order valence-electron chi connectivity index (χ0n) is 23.9. The molecule has 10 heteroatoms. The van der Waals surface area contributed by atoms with Gasteiger partial charge < -0.3 is 42.6 Å². The van der Waals surface area contributed by atoms with Crippen LogP contribution in [0, 0.1) is 12.3 Å². The fourth-order valence-electron chi connectivity index (χ4n) is 5.08. The summed E-state index contributed by atoms with van der Waals surface area (Å²) in [6.07, 6.45) is 5.11. The predicted octanol–water partition coefficient (Wildman–Crippen LogP) is 3.92. The minimum absolute atomic E-state index is 0.154. The molecule has 214 valence electrons. The highest BCUT2D eigenvalue weighted by atomic mass is 28.3. The van der Waals surface area contributed by atoms with E-state index in [1.165, 1.54) is 0 Å². The maximum atomic E-state index is 6.70. The molecule has 0 bridgehead atoms. The Morgan fingerprint density at radius 3 is 2.32 bits per heavy atom. The molecule has 0 radical (unpaired) electrons. The molecule has 0 aromatic carbocycles. The van der Waals surface area contributed by atoms with Crippen molar-refractivity contribution in [3.63, 3.8) is 0 Å². The van der Waals surface area contributed by atoms with Crippen LogP contribution in [0.25, 0.3) is 0 Å². The molecule has 3 saturated heterocycles. The molecule has 3 aliphatic heterocycles. The Labute approximate surface area is 224 Å². The Balaban J connectivity index is 1.71. The Hall–Kier alpha value is -0.583. The lowest BCUT2D eigenvalue weighted by Crippen LogP contribution is -2.57. The van der Waals surface area contributed by atoms with E-state index in [-0.39, 0.29) is 44.1 Å². The Kier molecular flexibility index (Phi) is 11.0. The van der Waals surface area contributed by atoms with Crippen LogP contribution in [-0.4, -0.2) is 96.3 Å². The van der Waals surface area contributed by atoms with Crippen molar-refractivity contribution in [3.05, 3.63) is 0 Å². The average Bonchev–Trinajstić information content (AvgIpc) is 3.28. The Morgan fingerprint density at radius 1 is 0.946 bits per heavy atom. The molecule has 7 atom stereocenters. The second-order valence-electron chi connectivity index (χ2n) is 12.2. The first-order chi connectivity index (χ1) is 17.3. The molecule has 0 unspecified atom stereocenters. The minimum atomic E-state index is -1.15. The van der Waals surface area contributed by atoms with E-state index in [9.17, 15) is 0 Å². The van der Waals surface area contributed by atoms with Crippen molar-refractivity contribution in [3.8, 4) is 12.3 Å². The number of methoxy groups -OCH3 is 1. The minimum Gasteiger partial charge on any atom is -0.367 e. The summed E-state index contributed by atoms with van der Waals surface area (Å²) in [6.45, 7) is 16.0. The number of terminal acetylenes is 1. The van der Waals surface area contributed by atoms with Crippen molar-refractivity contribution in [2.45, 2.75) is 127 Å². The fourth-order valence-corrected chi connectivity index (χ4v) is 5.84. The molecule has 37 heavy (non-hydrogen) atoms. The number of fused-ring (bicyclic) bond motifs is 1. The van der Waals surface area contributed by atoms with Gasteiger partial charge in [-0.3, -0.25) is 0 Å². The highest BCUT2D eigenvalue weighted by molar-refractivity contribution is 6.76. The van der Waals surface area contributed by atoms with Crippen LogP contribution in [0.2, 0.25) is 25.7 Å². The monoisotopic (exact) mass is 544 g/mol. The zero-order chi connectivity index (χ0) is 27.3. The molecule has 3 rings (SSSR count). The summed E-state index contributed by atoms with van der Waals surface area (Å²) in [4.78, 5) is 0. The third-order valence-electron chi connectivity index (χ3n) is 6.72. The fraction of sp³-hybridized carbons (Fsp3) is 0.926. The predicted molar refractivity (Wildman–Crippen MR) is 141 cm³/mol. The lowest BCUT2D eigenvalue weighted by molar-refractivity contribution is -0.228. The smallest absolute Gasteiger partial charge is 0.164 e. The summed E-state index contributed by atoms with van der Waals surface area (Å²) in [7, 11) is 0.448. The number of hydrogen-bond donors (Lipinski definition) is 0. The van der Waals surface area contributed by atoms with E-state index < -0.39 is 31.9 Å². The first-order valence-corrected chi connectivity index (χ1v) is 17.1. The third-order valence-corrected chi connectivity index (χ3v) is 8.42. The molecule has 3 aliphatic rings. The van der Waals surface area contributed by atoms with Crippen LogP contribution in [0.4, 0.5) is 0 Å². The van der Waals surface area contributed by atoms with E-state index in [1.54, 1.807) is 7.11 Å². The Morgan fingerprint density at radius 2 is 1.65 bits per heavy atom. The van der Waals surface area contributed by atoms with Gasteiger partial charge in [0.25, 0.3) is 0 Å². The van der Waals surface area contributed by atoms with Crippen molar-refractivity contribution in [2.24, 2.45) is 0 Å². The summed E-state index contributed by atoms with van der Waals surface area (Å²) < 4.78 is 54.7. The van der Waals surface area contributed by atoms with Gasteiger partial charge in [0.05, 0.1) is 24.9 Å². The van der Waals surface area contributed by atoms with Gasteiger partial charge in [-0.05, 0) is 40.2 Å². The van der Waals surface area contributed by atoms with Gasteiger partial charge in [0.15, 0.2) is 11.6 Å². The summed E-state index contributed by atoms with van der Waals surface area (Å²) >= 11 is 0. The topological polar surface area (TPSA) is 83.1 Å². The quantitative estimate of drug-likeness (QED) is 0.140. The maximum absolute atomic E-state index is 6.70. The van der Waals surface area contributed by atoms with Gasteiger partial charge in [-0.1, -0.05) is 19.6 Å². The van der Waals surface area contributed by atoms with Crippen molar-refractivity contribution in [2.75, 3.05) is 33.9 Å². The van der Waals surface area contributed by atoms with Crippen LogP contribution in [-0.2, 0) is 42.6 Å². The standard InChI is InChI=1S/C27H48O9Si/c1-10-11-12-19(31-17-28-6)20-15-21-23(35-26(2,3)33-21)25(32-20)24-22(34-27(4,5)36-24)16-30-18-29-13-14-37(7,8)9/h1,19-25H,11-18H2,2-9H3/t19-,20-,21-,22-,23-,24+,25-/m1/s1. The second kappa shape index (κ2) is 13.2. The van der Waals surface area contributed by atoms with E-state index >= 15 is 0 Å². The molecule has 0 aromatic rings. The number of hydrogen-bond acceptors (Lipinski definition) is 9. The van der Waals surface area contributed by atoms with Gasteiger partial charge in [-0.2, -0.15) is 0 Å². The first kappa shape index (κ1) is 31.0. The molecule has 3 heterocycles. The molecule has 0 amide bonds. The molecular formula is C27H48O9Si. The molecule has 0 spiro atoms. The summed E-state index contributed by atoms with van der Waals surface area (Å²) in [5.74, 6) is 1.16. The molecule has 0 N–H and O–H groups in total. The van der Waals surface area contributed by atoms with E-state index in [0.29, 0.717) is 32.5 Å². The van der Waals surface area contributed by atoms with E-state index in [2.05, 4.69) is 25.6 Å². The van der Waals surface area contributed by atoms with Gasteiger partial charge in [-0.15, -0.1) is 12.3 Å². The highest BCUT2D eigenvalue weighted by Crippen LogP contribution is 2.43. The van der Waals surface area contributed by atoms with Gasteiger partial charge in [-0.25, -0.2) is 0 Å². The van der Waals surface area contributed by atoms with Gasteiger partial charge in [0, 0.05) is 34.6 Å². The van der Waals surface area contributed by atoms with Gasteiger partial charge in [0.2, 0.25) is 0 Å². The molecule has 0 saturated carbocycles. The summed E-state index contributed by atoms with van der Waals surface area (Å²) in [5, 5.41) is 0. The van der Waals surface area contributed by atoms with Crippen LogP contribution in [0.5, 0.6) is 0 Å². The molecular weight excluding hydrogens is 496 g/mol. The lowest BCUT2D eigenvalue weighted by Gasteiger charge is -2.42. The lowest BCUT2D eigenvalue weighted by atomic mass is 9.90. The van der Waals surface area contributed by atoms with Crippen molar-refractivity contribution >= 4 is 8.07 Å². The third kappa shape index (κ3) is 9.24. The van der Waals surface area contributed by atoms with Gasteiger partial charge in [0.1, 0.15) is 38.0 Å². The van der Waals surface area contributed by atoms with Crippen LogP contribution in [0.15, 0.2) is 0 Å². The first-order valence-electron chi connectivity index (χ1n) is 13.4.